The largest absolute Gasteiger partial charge is 0.384 e. The van der Waals surface area contributed by atoms with Crippen molar-refractivity contribution in [2.45, 2.75) is 6.42 Å². The molecule has 0 amide bonds. The van der Waals surface area contributed by atoms with E-state index < -0.39 is 0 Å². The van der Waals surface area contributed by atoms with Crippen molar-refractivity contribution in [1.29, 1.82) is 5.26 Å². The van der Waals surface area contributed by atoms with Gasteiger partial charge >= 0.3 is 0 Å². The summed E-state index contributed by atoms with van der Waals surface area (Å²) in [7, 11) is 0. The first-order valence-electron chi connectivity index (χ1n) is 5.77. The SMILES string of the molecule is N#Cc1cc(Br)ccc1NCCc1ccccc1. The molecule has 0 spiro atoms. The fourth-order valence-corrected chi connectivity index (χ4v) is 2.11. The predicted molar refractivity (Wildman–Crippen MR) is 77.5 cm³/mol. The number of benzene rings is 2. The lowest BCUT2D eigenvalue weighted by Crippen LogP contribution is -2.06. The smallest absolute Gasteiger partial charge is 0.101 e. The van der Waals surface area contributed by atoms with Gasteiger partial charge in [0.1, 0.15) is 6.07 Å². The molecule has 0 aliphatic heterocycles. The van der Waals surface area contributed by atoms with E-state index in [1.54, 1.807) is 0 Å². The minimum Gasteiger partial charge on any atom is -0.384 e. The van der Waals surface area contributed by atoms with Crippen LogP contribution < -0.4 is 5.32 Å². The minimum atomic E-state index is 0.664. The summed E-state index contributed by atoms with van der Waals surface area (Å²) in [4.78, 5) is 0. The molecule has 0 fully saturated rings. The Hall–Kier alpha value is -1.79. The summed E-state index contributed by atoms with van der Waals surface area (Å²) in [5, 5.41) is 12.3. The molecule has 0 bridgehead atoms. The Labute approximate surface area is 115 Å². The number of anilines is 1. The normalized spacial score (nSPS) is 9.78. The predicted octanol–water partition coefficient (Wildman–Crippen LogP) is 3.98. The zero-order valence-electron chi connectivity index (χ0n) is 9.86. The standard InChI is InChI=1S/C15H13BrN2/c16-14-6-7-15(13(10-14)11-17)18-9-8-12-4-2-1-3-5-12/h1-7,10,18H,8-9H2. The van der Waals surface area contributed by atoms with E-state index in [0.717, 1.165) is 23.1 Å². The monoisotopic (exact) mass is 300 g/mol. The summed E-state index contributed by atoms with van der Waals surface area (Å²) in [6, 6.07) is 18.2. The minimum absolute atomic E-state index is 0.664. The first kappa shape index (κ1) is 12.7. The van der Waals surface area contributed by atoms with Gasteiger partial charge in [-0.15, -0.1) is 0 Å². The van der Waals surface area contributed by atoms with Crippen molar-refractivity contribution in [3.63, 3.8) is 0 Å². The van der Waals surface area contributed by atoms with Crippen molar-refractivity contribution in [3.05, 3.63) is 64.1 Å². The highest BCUT2D eigenvalue weighted by atomic mass is 79.9. The van der Waals surface area contributed by atoms with Crippen LogP contribution >= 0.6 is 15.9 Å². The van der Waals surface area contributed by atoms with E-state index in [1.807, 2.05) is 36.4 Å². The highest BCUT2D eigenvalue weighted by molar-refractivity contribution is 9.10. The van der Waals surface area contributed by atoms with Gasteiger partial charge in [-0.1, -0.05) is 46.3 Å². The molecule has 2 rings (SSSR count). The van der Waals surface area contributed by atoms with Gasteiger partial charge in [0, 0.05) is 11.0 Å². The second kappa shape index (κ2) is 6.23. The molecule has 0 unspecified atom stereocenters. The van der Waals surface area contributed by atoms with Crippen LogP contribution in [0.1, 0.15) is 11.1 Å². The molecule has 0 heterocycles. The Morgan fingerprint density at radius 3 is 2.61 bits per heavy atom. The number of halogens is 1. The van der Waals surface area contributed by atoms with Crippen molar-refractivity contribution >= 4 is 21.6 Å². The summed E-state index contributed by atoms with van der Waals surface area (Å²) >= 11 is 3.36. The molecule has 0 aliphatic rings. The van der Waals surface area contributed by atoms with Crippen molar-refractivity contribution in [3.8, 4) is 6.07 Å². The summed E-state index contributed by atoms with van der Waals surface area (Å²) in [5.41, 5.74) is 2.84. The van der Waals surface area contributed by atoms with Gasteiger partial charge in [-0.05, 0) is 30.2 Å². The molecule has 0 saturated carbocycles. The number of hydrogen-bond acceptors (Lipinski definition) is 2. The molecule has 2 nitrogen and oxygen atoms in total. The zero-order valence-corrected chi connectivity index (χ0v) is 11.4. The van der Waals surface area contributed by atoms with E-state index in [9.17, 15) is 0 Å². The quantitative estimate of drug-likeness (QED) is 0.927. The summed E-state index contributed by atoms with van der Waals surface area (Å²) in [6.45, 7) is 0.820. The number of nitrogens with zero attached hydrogens (tertiary/aromatic N) is 1. The van der Waals surface area contributed by atoms with E-state index >= 15 is 0 Å². The molecular weight excluding hydrogens is 288 g/mol. The lowest BCUT2D eigenvalue weighted by Gasteiger charge is -2.08. The first-order chi connectivity index (χ1) is 8.79. The van der Waals surface area contributed by atoms with E-state index in [4.69, 9.17) is 5.26 Å². The Kier molecular flexibility index (Phi) is 4.38. The maximum Gasteiger partial charge on any atom is 0.101 e. The third kappa shape index (κ3) is 3.35. The Morgan fingerprint density at radius 1 is 1.11 bits per heavy atom. The molecule has 2 aromatic carbocycles. The van der Waals surface area contributed by atoms with E-state index in [2.05, 4.69) is 39.4 Å². The molecular formula is C15H13BrN2. The van der Waals surface area contributed by atoms with Gasteiger partial charge in [0.15, 0.2) is 0 Å². The van der Waals surface area contributed by atoms with Gasteiger partial charge < -0.3 is 5.32 Å². The molecule has 0 radical (unpaired) electrons. The van der Waals surface area contributed by atoms with Crippen LogP contribution in [0.25, 0.3) is 0 Å². The van der Waals surface area contributed by atoms with E-state index in [0.29, 0.717) is 5.56 Å². The van der Waals surface area contributed by atoms with Crippen LogP contribution in [0, 0.1) is 11.3 Å². The highest BCUT2D eigenvalue weighted by Gasteiger charge is 2.01. The van der Waals surface area contributed by atoms with E-state index in [1.165, 1.54) is 5.56 Å². The number of rotatable bonds is 4. The molecule has 18 heavy (non-hydrogen) atoms. The van der Waals surface area contributed by atoms with E-state index in [-0.39, 0.29) is 0 Å². The third-order valence-corrected chi connectivity index (χ3v) is 3.17. The molecule has 0 atom stereocenters. The molecule has 0 saturated heterocycles. The average Bonchev–Trinajstić information content (AvgIpc) is 2.41. The van der Waals surface area contributed by atoms with Gasteiger partial charge in [-0.3, -0.25) is 0 Å². The number of hydrogen-bond donors (Lipinski definition) is 1. The van der Waals surface area contributed by atoms with Crippen LogP contribution in [0.15, 0.2) is 53.0 Å². The Bertz CT molecular complexity index is 558. The van der Waals surface area contributed by atoms with Crippen LogP contribution in [0.4, 0.5) is 5.69 Å². The molecule has 0 aromatic heterocycles. The lowest BCUT2D eigenvalue weighted by atomic mass is 10.1. The first-order valence-corrected chi connectivity index (χ1v) is 6.56. The highest BCUT2D eigenvalue weighted by Crippen LogP contribution is 2.20. The second-order valence-corrected chi connectivity index (χ2v) is 4.88. The fraction of sp³-hybridized carbons (Fsp3) is 0.133. The van der Waals surface area contributed by atoms with Gasteiger partial charge in [-0.25, -0.2) is 0 Å². The van der Waals surface area contributed by atoms with Crippen molar-refractivity contribution < 1.29 is 0 Å². The molecule has 90 valence electrons. The molecule has 2 aromatic rings. The van der Waals surface area contributed by atoms with Gasteiger partial charge in [0.25, 0.3) is 0 Å². The number of nitriles is 1. The second-order valence-electron chi connectivity index (χ2n) is 3.96. The van der Waals surface area contributed by atoms with Crippen LogP contribution in [-0.4, -0.2) is 6.54 Å². The number of nitrogens with one attached hydrogen (secondary N) is 1. The summed E-state index contributed by atoms with van der Waals surface area (Å²) in [6.07, 6.45) is 0.946. The van der Waals surface area contributed by atoms with Crippen molar-refractivity contribution in [2.24, 2.45) is 0 Å². The average molecular weight is 301 g/mol. The maximum atomic E-state index is 9.05. The fourth-order valence-electron chi connectivity index (χ4n) is 1.75. The zero-order chi connectivity index (χ0) is 12.8. The summed E-state index contributed by atoms with van der Waals surface area (Å²) < 4.78 is 0.924. The molecule has 1 N–H and O–H groups in total. The van der Waals surface area contributed by atoms with Crippen LogP contribution in [0.5, 0.6) is 0 Å². The molecule has 0 aliphatic carbocycles. The third-order valence-electron chi connectivity index (χ3n) is 2.67. The van der Waals surface area contributed by atoms with Crippen molar-refractivity contribution in [1.82, 2.24) is 0 Å². The van der Waals surface area contributed by atoms with Gasteiger partial charge in [-0.2, -0.15) is 5.26 Å². The van der Waals surface area contributed by atoms with Crippen LogP contribution in [-0.2, 0) is 6.42 Å². The lowest BCUT2D eigenvalue weighted by molar-refractivity contribution is 1.02. The van der Waals surface area contributed by atoms with Crippen LogP contribution in [0.3, 0.4) is 0 Å². The topological polar surface area (TPSA) is 35.8 Å². The maximum absolute atomic E-state index is 9.05. The van der Waals surface area contributed by atoms with Crippen LogP contribution in [0.2, 0.25) is 0 Å². The summed E-state index contributed by atoms with van der Waals surface area (Å²) in [5.74, 6) is 0. The Morgan fingerprint density at radius 2 is 1.89 bits per heavy atom. The molecule has 3 heteroatoms. The van der Waals surface area contributed by atoms with Crippen molar-refractivity contribution in [2.75, 3.05) is 11.9 Å². The van der Waals surface area contributed by atoms with Gasteiger partial charge in [0.2, 0.25) is 0 Å². The van der Waals surface area contributed by atoms with Gasteiger partial charge in [0.05, 0.1) is 11.3 Å². The Balaban J connectivity index is 1.97.